The number of nitrogens with one attached hydrogen (secondary N) is 2. The Labute approximate surface area is 125 Å². The average Bonchev–Trinajstić information content (AvgIpc) is 2.89. The average molecular weight is 293 g/mol. The van der Waals surface area contributed by atoms with Gasteiger partial charge in [-0.3, -0.25) is 9.59 Å². The van der Waals surface area contributed by atoms with Crippen LogP contribution in [-0.4, -0.2) is 55.2 Å². The molecule has 0 radical (unpaired) electrons. The van der Waals surface area contributed by atoms with Crippen LogP contribution >= 0.6 is 0 Å². The lowest BCUT2D eigenvalue weighted by Crippen LogP contribution is -2.60. The van der Waals surface area contributed by atoms with E-state index >= 15 is 0 Å². The maximum atomic E-state index is 12.4. The smallest absolute Gasteiger partial charge is 0.250 e. The standard InChI is InChI=1S/C13H21N3O3.C2H2/c1-8(2)10-4-5-12-16(10)13(18)9(7-19-12)15-11(17)6-14-3;1-2/h9-10,12,14H,1,4-7H2,2-3H3,(H,15,17);1-2H. The predicted molar refractivity (Wildman–Crippen MR) is 80.2 cm³/mol. The summed E-state index contributed by atoms with van der Waals surface area (Å²) in [5.74, 6) is -0.264. The first-order valence-electron chi connectivity index (χ1n) is 6.91. The molecule has 0 saturated carbocycles. The second kappa shape index (κ2) is 7.81. The summed E-state index contributed by atoms with van der Waals surface area (Å²) in [4.78, 5) is 25.7. The third-order valence-corrected chi connectivity index (χ3v) is 3.58. The second-order valence-corrected chi connectivity index (χ2v) is 5.12. The van der Waals surface area contributed by atoms with Crippen LogP contribution in [0.2, 0.25) is 0 Å². The van der Waals surface area contributed by atoms with E-state index in [9.17, 15) is 9.59 Å². The normalized spacial score (nSPS) is 27.3. The molecular weight excluding hydrogens is 270 g/mol. The molecule has 2 aliphatic heterocycles. The number of rotatable bonds is 4. The van der Waals surface area contributed by atoms with Gasteiger partial charge in [0.15, 0.2) is 0 Å². The van der Waals surface area contributed by atoms with Gasteiger partial charge in [0.2, 0.25) is 11.8 Å². The quantitative estimate of drug-likeness (QED) is 0.559. The molecule has 2 saturated heterocycles. The molecule has 6 nitrogen and oxygen atoms in total. The lowest BCUT2D eigenvalue weighted by Gasteiger charge is -2.38. The lowest BCUT2D eigenvalue weighted by molar-refractivity contribution is -0.163. The molecule has 2 heterocycles. The summed E-state index contributed by atoms with van der Waals surface area (Å²) in [7, 11) is 1.69. The molecule has 0 aromatic carbocycles. The summed E-state index contributed by atoms with van der Waals surface area (Å²) in [6, 6.07) is -0.557. The predicted octanol–water partition coefficient (Wildman–Crippen LogP) is -0.137. The number of ether oxygens (including phenoxy) is 1. The second-order valence-electron chi connectivity index (χ2n) is 5.12. The third kappa shape index (κ3) is 3.84. The Balaban J connectivity index is 0.00000106. The zero-order valence-corrected chi connectivity index (χ0v) is 12.6. The molecule has 2 N–H and O–H groups in total. The highest BCUT2D eigenvalue weighted by Gasteiger charge is 2.44. The molecule has 3 atom stereocenters. The van der Waals surface area contributed by atoms with E-state index in [-0.39, 0.29) is 37.2 Å². The van der Waals surface area contributed by atoms with Crippen molar-refractivity contribution in [1.82, 2.24) is 15.5 Å². The molecule has 0 aliphatic carbocycles. The number of fused-ring (bicyclic) bond motifs is 1. The number of amides is 2. The first-order chi connectivity index (χ1) is 10.0. The highest BCUT2D eigenvalue weighted by molar-refractivity contribution is 5.89. The van der Waals surface area contributed by atoms with Crippen molar-refractivity contribution >= 4 is 11.8 Å². The number of carbonyl (C=O) groups excluding carboxylic acids is 2. The van der Waals surface area contributed by atoms with Crippen molar-refractivity contribution in [2.24, 2.45) is 0 Å². The topological polar surface area (TPSA) is 70.7 Å². The first kappa shape index (κ1) is 17.2. The monoisotopic (exact) mass is 293 g/mol. The highest BCUT2D eigenvalue weighted by atomic mass is 16.5. The van der Waals surface area contributed by atoms with Crippen LogP contribution in [0.1, 0.15) is 19.8 Å². The van der Waals surface area contributed by atoms with Gasteiger partial charge in [0.25, 0.3) is 0 Å². The SMILES string of the molecule is C#C.C=C(C)C1CCC2OCC(NC(=O)CNC)C(=O)N21. The van der Waals surface area contributed by atoms with Crippen LogP contribution in [0, 0.1) is 12.8 Å². The van der Waals surface area contributed by atoms with Crippen LogP contribution in [0.15, 0.2) is 12.2 Å². The van der Waals surface area contributed by atoms with Crippen molar-refractivity contribution in [3.63, 3.8) is 0 Å². The molecule has 0 spiro atoms. The summed E-state index contributed by atoms with van der Waals surface area (Å²) in [6.45, 7) is 6.29. The minimum absolute atomic E-state index is 0.0292. The molecule has 2 rings (SSSR count). The maximum Gasteiger partial charge on any atom is 0.250 e. The summed E-state index contributed by atoms with van der Waals surface area (Å²) >= 11 is 0. The fourth-order valence-electron chi connectivity index (χ4n) is 2.69. The van der Waals surface area contributed by atoms with E-state index < -0.39 is 6.04 Å². The Bertz CT molecular complexity index is 433. The molecule has 6 heteroatoms. The third-order valence-electron chi connectivity index (χ3n) is 3.58. The number of nitrogens with zero attached hydrogens (tertiary/aromatic N) is 1. The van der Waals surface area contributed by atoms with Crippen LogP contribution in [-0.2, 0) is 14.3 Å². The molecule has 3 unspecified atom stereocenters. The van der Waals surface area contributed by atoms with E-state index in [0.29, 0.717) is 0 Å². The van der Waals surface area contributed by atoms with Gasteiger partial charge in [0, 0.05) is 0 Å². The van der Waals surface area contributed by atoms with Gasteiger partial charge in [-0.25, -0.2) is 0 Å². The Kier molecular flexibility index (Phi) is 6.40. The molecule has 21 heavy (non-hydrogen) atoms. The van der Waals surface area contributed by atoms with Gasteiger partial charge in [-0.2, -0.15) is 0 Å². The van der Waals surface area contributed by atoms with E-state index in [0.717, 1.165) is 18.4 Å². The first-order valence-corrected chi connectivity index (χ1v) is 6.91. The molecule has 2 fully saturated rings. The number of hydrogen-bond acceptors (Lipinski definition) is 4. The molecule has 0 aromatic rings. The van der Waals surface area contributed by atoms with Gasteiger partial charge in [0.1, 0.15) is 12.3 Å². The zero-order valence-electron chi connectivity index (χ0n) is 12.6. The molecule has 0 bridgehead atoms. The highest BCUT2D eigenvalue weighted by Crippen LogP contribution is 2.32. The van der Waals surface area contributed by atoms with Crippen LogP contribution in [0.3, 0.4) is 0 Å². The van der Waals surface area contributed by atoms with Gasteiger partial charge < -0.3 is 20.3 Å². The summed E-state index contributed by atoms with van der Waals surface area (Å²) in [6.07, 6.45) is 9.55. The summed E-state index contributed by atoms with van der Waals surface area (Å²) < 4.78 is 5.67. The van der Waals surface area contributed by atoms with E-state index in [2.05, 4.69) is 30.1 Å². The van der Waals surface area contributed by atoms with Gasteiger partial charge in [-0.15, -0.1) is 12.8 Å². The van der Waals surface area contributed by atoms with Crippen molar-refractivity contribution in [2.75, 3.05) is 20.2 Å². The van der Waals surface area contributed by atoms with Crippen molar-refractivity contribution in [3.8, 4) is 12.8 Å². The Hall–Kier alpha value is -1.84. The van der Waals surface area contributed by atoms with Gasteiger partial charge in [-0.1, -0.05) is 12.2 Å². The van der Waals surface area contributed by atoms with Gasteiger partial charge in [-0.05, 0) is 26.8 Å². The fraction of sp³-hybridized carbons (Fsp3) is 0.600. The Morgan fingerprint density at radius 3 is 2.71 bits per heavy atom. The molecule has 0 aromatic heterocycles. The van der Waals surface area contributed by atoms with Crippen LogP contribution in [0.5, 0.6) is 0 Å². The minimum Gasteiger partial charge on any atom is -0.356 e. The molecular formula is C15H23N3O3. The van der Waals surface area contributed by atoms with Crippen LogP contribution in [0.25, 0.3) is 0 Å². The largest absolute Gasteiger partial charge is 0.356 e. The van der Waals surface area contributed by atoms with E-state index in [1.54, 1.807) is 11.9 Å². The van der Waals surface area contributed by atoms with Crippen LogP contribution < -0.4 is 10.6 Å². The number of terminal acetylenes is 1. The Morgan fingerprint density at radius 1 is 1.48 bits per heavy atom. The van der Waals surface area contributed by atoms with E-state index in [1.165, 1.54) is 0 Å². The van der Waals surface area contributed by atoms with Crippen molar-refractivity contribution in [2.45, 2.75) is 38.1 Å². The van der Waals surface area contributed by atoms with Crippen molar-refractivity contribution in [1.29, 1.82) is 0 Å². The maximum absolute atomic E-state index is 12.4. The number of likely N-dealkylation sites (N-methyl/N-ethyl adjacent to an activating group) is 1. The van der Waals surface area contributed by atoms with Crippen LogP contribution in [0.4, 0.5) is 0 Å². The number of carbonyl (C=O) groups is 2. The molecule has 116 valence electrons. The van der Waals surface area contributed by atoms with Gasteiger partial charge >= 0.3 is 0 Å². The molecule has 2 aliphatic rings. The summed E-state index contributed by atoms with van der Waals surface area (Å²) in [5.41, 5.74) is 0.960. The van der Waals surface area contributed by atoms with Crippen molar-refractivity contribution < 1.29 is 14.3 Å². The fourth-order valence-corrected chi connectivity index (χ4v) is 2.69. The number of hydrogen-bond donors (Lipinski definition) is 2. The lowest BCUT2D eigenvalue weighted by atomic mass is 10.1. The van der Waals surface area contributed by atoms with E-state index in [1.807, 2.05) is 6.92 Å². The van der Waals surface area contributed by atoms with E-state index in [4.69, 9.17) is 4.74 Å². The molecule has 2 amide bonds. The Morgan fingerprint density at radius 2 is 2.14 bits per heavy atom. The minimum atomic E-state index is -0.586. The zero-order chi connectivity index (χ0) is 16.0. The van der Waals surface area contributed by atoms with Crippen molar-refractivity contribution in [3.05, 3.63) is 12.2 Å². The summed E-state index contributed by atoms with van der Waals surface area (Å²) in [5, 5.41) is 5.45. The van der Waals surface area contributed by atoms with Gasteiger partial charge in [0.05, 0.1) is 19.2 Å².